The number of ether oxygens (including phenoxy) is 1. The van der Waals surface area contributed by atoms with Crippen LogP contribution in [0.4, 0.5) is 0 Å². The van der Waals surface area contributed by atoms with Crippen LogP contribution in [0.25, 0.3) is 0 Å². The molecule has 0 radical (unpaired) electrons. The SMILES string of the molecule is COCCC(C)(NC1(CO)CCCC1)C(=O)O. The minimum absolute atomic E-state index is 0.0111. The van der Waals surface area contributed by atoms with Gasteiger partial charge in [-0.3, -0.25) is 10.1 Å². The summed E-state index contributed by atoms with van der Waals surface area (Å²) >= 11 is 0. The van der Waals surface area contributed by atoms with E-state index in [0.717, 1.165) is 25.7 Å². The summed E-state index contributed by atoms with van der Waals surface area (Å²) in [6.07, 6.45) is 4.13. The van der Waals surface area contributed by atoms with Gasteiger partial charge in [0, 0.05) is 19.3 Å². The first-order chi connectivity index (χ1) is 7.98. The molecular weight excluding hydrogens is 222 g/mol. The maximum Gasteiger partial charge on any atom is 0.323 e. The molecule has 0 spiro atoms. The maximum atomic E-state index is 11.4. The number of aliphatic hydroxyl groups excluding tert-OH is 1. The predicted molar refractivity (Wildman–Crippen MR) is 64.0 cm³/mol. The van der Waals surface area contributed by atoms with E-state index < -0.39 is 17.0 Å². The highest BCUT2D eigenvalue weighted by atomic mass is 16.5. The van der Waals surface area contributed by atoms with E-state index in [1.807, 2.05) is 0 Å². The van der Waals surface area contributed by atoms with Crippen molar-refractivity contribution in [2.24, 2.45) is 0 Å². The summed E-state index contributed by atoms with van der Waals surface area (Å²) < 4.78 is 4.95. The Labute approximate surface area is 102 Å². The smallest absolute Gasteiger partial charge is 0.323 e. The Morgan fingerprint density at radius 1 is 1.47 bits per heavy atom. The van der Waals surface area contributed by atoms with E-state index in [0.29, 0.717) is 13.0 Å². The first-order valence-corrected chi connectivity index (χ1v) is 6.11. The molecule has 0 aromatic rings. The number of hydrogen-bond acceptors (Lipinski definition) is 4. The molecule has 0 amide bonds. The lowest BCUT2D eigenvalue weighted by molar-refractivity contribution is -0.146. The van der Waals surface area contributed by atoms with Gasteiger partial charge in [0.25, 0.3) is 0 Å². The molecule has 1 saturated carbocycles. The highest BCUT2D eigenvalue weighted by Gasteiger charge is 2.43. The van der Waals surface area contributed by atoms with Crippen LogP contribution >= 0.6 is 0 Å². The second-order valence-corrected chi connectivity index (χ2v) is 5.15. The molecule has 17 heavy (non-hydrogen) atoms. The molecule has 0 aliphatic heterocycles. The van der Waals surface area contributed by atoms with E-state index in [1.54, 1.807) is 14.0 Å². The number of carboxylic acid groups (broad SMARTS) is 1. The first kappa shape index (κ1) is 14.4. The largest absolute Gasteiger partial charge is 0.480 e. The zero-order valence-electron chi connectivity index (χ0n) is 10.7. The van der Waals surface area contributed by atoms with Gasteiger partial charge in [-0.2, -0.15) is 0 Å². The molecule has 1 atom stereocenters. The predicted octanol–water partition coefficient (Wildman–Crippen LogP) is 0.761. The third-order valence-corrected chi connectivity index (χ3v) is 3.68. The molecule has 1 aliphatic carbocycles. The van der Waals surface area contributed by atoms with E-state index in [-0.39, 0.29) is 6.61 Å². The van der Waals surface area contributed by atoms with Crippen molar-refractivity contribution in [2.45, 2.75) is 50.1 Å². The number of aliphatic hydroxyl groups is 1. The fourth-order valence-corrected chi connectivity index (χ4v) is 2.49. The van der Waals surface area contributed by atoms with Gasteiger partial charge < -0.3 is 14.9 Å². The third-order valence-electron chi connectivity index (χ3n) is 3.68. The average molecular weight is 245 g/mol. The Kier molecular flexibility index (Phi) is 4.91. The average Bonchev–Trinajstić information content (AvgIpc) is 2.75. The Morgan fingerprint density at radius 2 is 2.06 bits per heavy atom. The molecule has 0 aromatic heterocycles. The summed E-state index contributed by atoms with van der Waals surface area (Å²) in [5.74, 6) is -0.894. The summed E-state index contributed by atoms with van der Waals surface area (Å²) in [7, 11) is 1.56. The van der Waals surface area contributed by atoms with Gasteiger partial charge in [-0.15, -0.1) is 0 Å². The van der Waals surface area contributed by atoms with Crippen molar-refractivity contribution >= 4 is 5.97 Å². The third kappa shape index (κ3) is 3.40. The highest BCUT2D eigenvalue weighted by Crippen LogP contribution is 2.32. The Hall–Kier alpha value is -0.650. The number of methoxy groups -OCH3 is 1. The van der Waals surface area contributed by atoms with Crippen molar-refractivity contribution in [3.8, 4) is 0 Å². The van der Waals surface area contributed by atoms with Crippen molar-refractivity contribution in [3.05, 3.63) is 0 Å². The highest BCUT2D eigenvalue weighted by molar-refractivity contribution is 5.78. The van der Waals surface area contributed by atoms with Crippen LogP contribution in [0.3, 0.4) is 0 Å². The van der Waals surface area contributed by atoms with Crippen LogP contribution < -0.4 is 5.32 Å². The molecule has 0 heterocycles. The van der Waals surface area contributed by atoms with Gasteiger partial charge in [0.2, 0.25) is 0 Å². The second kappa shape index (κ2) is 5.80. The molecule has 100 valence electrons. The zero-order chi connectivity index (χ0) is 12.9. The number of aliphatic carboxylic acids is 1. The molecule has 1 rings (SSSR count). The van der Waals surface area contributed by atoms with Crippen molar-refractivity contribution in [1.82, 2.24) is 5.32 Å². The molecule has 5 heteroatoms. The Balaban J connectivity index is 2.74. The minimum atomic E-state index is -1.04. The van der Waals surface area contributed by atoms with Crippen molar-refractivity contribution < 1.29 is 19.7 Å². The molecule has 5 nitrogen and oxygen atoms in total. The van der Waals surface area contributed by atoms with Crippen LogP contribution in [0.15, 0.2) is 0 Å². The zero-order valence-corrected chi connectivity index (χ0v) is 10.7. The quantitative estimate of drug-likeness (QED) is 0.617. The molecule has 1 unspecified atom stereocenters. The van der Waals surface area contributed by atoms with Gasteiger partial charge in [-0.1, -0.05) is 12.8 Å². The fraction of sp³-hybridized carbons (Fsp3) is 0.917. The summed E-state index contributed by atoms with van der Waals surface area (Å²) in [6, 6.07) is 0. The molecule has 0 aromatic carbocycles. The molecule has 3 N–H and O–H groups in total. The minimum Gasteiger partial charge on any atom is -0.480 e. The van der Waals surface area contributed by atoms with E-state index in [4.69, 9.17) is 4.74 Å². The van der Waals surface area contributed by atoms with Crippen LogP contribution in [0.2, 0.25) is 0 Å². The van der Waals surface area contributed by atoms with E-state index in [9.17, 15) is 15.0 Å². The summed E-state index contributed by atoms with van der Waals surface area (Å²) in [4.78, 5) is 11.4. The van der Waals surface area contributed by atoms with Crippen molar-refractivity contribution in [1.29, 1.82) is 0 Å². The number of carboxylic acids is 1. The van der Waals surface area contributed by atoms with Crippen molar-refractivity contribution in [2.75, 3.05) is 20.3 Å². The second-order valence-electron chi connectivity index (χ2n) is 5.15. The van der Waals surface area contributed by atoms with Crippen LogP contribution in [-0.4, -0.2) is 47.6 Å². The van der Waals surface area contributed by atoms with Gasteiger partial charge >= 0.3 is 5.97 Å². The standard InChI is InChI=1S/C12H23NO4/c1-11(10(15)16,7-8-17-2)13-12(9-14)5-3-4-6-12/h13-14H,3-9H2,1-2H3,(H,15,16). The number of rotatable bonds is 7. The Morgan fingerprint density at radius 3 is 2.47 bits per heavy atom. The number of carbonyl (C=O) groups is 1. The summed E-state index contributed by atoms with van der Waals surface area (Å²) in [6.45, 7) is 2.03. The van der Waals surface area contributed by atoms with E-state index in [2.05, 4.69) is 5.32 Å². The first-order valence-electron chi connectivity index (χ1n) is 6.11. The van der Waals surface area contributed by atoms with Crippen LogP contribution in [-0.2, 0) is 9.53 Å². The lowest BCUT2D eigenvalue weighted by atomic mass is 9.90. The molecule has 1 fully saturated rings. The lowest BCUT2D eigenvalue weighted by Gasteiger charge is -2.38. The number of nitrogens with one attached hydrogen (secondary N) is 1. The van der Waals surface area contributed by atoms with Crippen LogP contribution in [0, 0.1) is 0 Å². The van der Waals surface area contributed by atoms with E-state index in [1.165, 1.54) is 0 Å². The molecule has 0 bridgehead atoms. The Bertz CT molecular complexity index is 263. The van der Waals surface area contributed by atoms with Gasteiger partial charge in [-0.05, 0) is 26.2 Å². The molecule has 0 saturated heterocycles. The van der Waals surface area contributed by atoms with Gasteiger partial charge in [-0.25, -0.2) is 0 Å². The summed E-state index contributed by atoms with van der Waals surface area (Å²) in [5, 5.41) is 22.0. The molecular formula is C12H23NO4. The summed E-state index contributed by atoms with van der Waals surface area (Å²) in [5.41, 5.74) is -1.47. The van der Waals surface area contributed by atoms with Crippen LogP contribution in [0.1, 0.15) is 39.0 Å². The van der Waals surface area contributed by atoms with Crippen LogP contribution in [0.5, 0.6) is 0 Å². The lowest BCUT2D eigenvalue weighted by Crippen LogP contribution is -2.61. The van der Waals surface area contributed by atoms with Gasteiger partial charge in [0.15, 0.2) is 0 Å². The maximum absolute atomic E-state index is 11.4. The molecule has 1 aliphatic rings. The monoisotopic (exact) mass is 245 g/mol. The van der Waals surface area contributed by atoms with Gasteiger partial charge in [0.05, 0.1) is 6.61 Å². The topological polar surface area (TPSA) is 78.8 Å². The normalized spacial score (nSPS) is 22.3. The van der Waals surface area contributed by atoms with E-state index >= 15 is 0 Å². The number of hydrogen-bond donors (Lipinski definition) is 3. The van der Waals surface area contributed by atoms with Gasteiger partial charge in [0.1, 0.15) is 5.54 Å². The van der Waals surface area contributed by atoms with Crippen molar-refractivity contribution in [3.63, 3.8) is 0 Å². The fourth-order valence-electron chi connectivity index (χ4n) is 2.49.